The molecule has 1 aromatic carbocycles. The van der Waals surface area contributed by atoms with Gasteiger partial charge in [0.2, 0.25) is 21.8 Å². The van der Waals surface area contributed by atoms with Crippen LogP contribution in [0.5, 0.6) is 5.75 Å². The molecule has 3 aromatic rings. The van der Waals surface area contributed by atoms with E-state index >= 15 is 0 Å². The second-order valence-corrected chi connectivity index (χ2v) is 13.1. The lowest BCUT2D eigenvalue weighted by Gasteiger charge is -2.26. The van der Waals surface area contributed by atoms with Crippen LogP contribution in [0.1, 0.15) is 31.7 Å². The van der Waals surface area contributed by atoms with Crippen molar-refractivity contribution in [1.82, 2.24) is 15.2 Å². The van der Waals surface area contributed by atoms with Crippen molar-refractivity contribution in [1.29, 1.82) is 0 Å². The highest BCUT2D eigenvalue weighted by atomic mass is 35.5. The highest BCUT2D eigenvalue weighted by Gasteiger charge is 2.35. The number of sulfonamides is 1. The second kappa shape index (κ2) is 11.9. The minimum Gasteiger partial charge on any atom is -0.497 e. The molecule has 2 heterocycles. The smallest absolute Gasteiger partial charge is 0.249 e. The van der Waals surface area contributed by atoms with Crippen LogP contribution in [0.2, 0.25) is 5.02 Å². The summed E-state index contributed by atoms with van der Waals surface area (Å²) < 4.78 is 42.8. The van der Waals surface area contributed by atoms with Gasteiger partial charge in [0.05, 0.1) is 36.1 Å². The van der Waals surface area contributed by atoms with E-state index in [2.05, 4.69) is 27.0 Å². The lowest BCUT2D eigenvalue weighted by molar-refractivity contribution is 0.204. The van der Waals surface area contributed by atoms with Gasteiger partial charge in [-0.1, -0.05) is 30.7 Å². The van der Waals surface area contributed by atoms with E-state index in [1.807, 2.05) is 24.3 Å². The third kappa shape index (κ3) is 6.85. The highest BCUT2D eigenvalue weighted by Crippen LogP contribution is 2.41. The van der Waals surface area contributed by atoms with Crippen molar-refractivity contribution in [3.8, 4) is 17.2 Å². The van der Waals surface area contributed by atoms with Crippen LogP contribution >= 0.6 is 11.6 Å². The third-order valence-electron chi connectivity index (χ3n) is 7.19. The molecule has 1 saturated carbocycles. The molecule has 13 heteroatoms. The van der Waals surface area contributed by atoms with Gasteiger partial charge in [-0.05, 0) is 55.4 Å². The summed E-state index contributed by atoms with van der Waals surface area (Å²) >= 11 is 6.77. The van der Waals surface area contributed by atoms with Crippen molar-refractivity contribution in [2.45, 2.75) is 32.2 Å². The van der Waals surface area contributed by atoms with E-state index in [-0.39, 0.29) is 22.6 Å². The number of ether oxygens (including phenoxy) is 2. The van der Waals surface area contributed by atoms with Gasteiger partial charge in [-0.2, -0.15) is 0 Å². The fraction of sp³-hybridized carbons (Fsp3) is 0.519. The van der Waals surface area contributed by atoms with Gasteiger partial charge in [-0.3, -0.25) is 4.31 Å². The lowest BCUT2D eigenvalue weighted by atomic mass is 9.94. The van der Waals surface area contributed by atoms with E-state index < -0.39 is 15.6 Å². The Morgan fingerprint density at radius 1 is 1.25 bits per heavy atom. The predicted octanol–water partition coefficient (Wildman–Crippen LogP) is 3.71. The molecule has 1 aliphatic carbocycles. The van der Waals surface area contributed by atoms with E-state index in [1.54, 1.807) is 27.2 Å². The topological polar surface area (TPSA) is 137 Å². The Labute approximate surface area is 240 Å². The SMILES string of the molecule is COCCN(C[C@H]1C[C@@H]1C)c1cc(-c2nnc([C@](C)(N)Cc3cccc(OC)c3)o2)c(Cl)c(N(C)S(C)(=O)=O)n1. The summed E-state index contributed by atoms with van der Waals surface area (Å²) in [6.45, 7) is 5.79. The Hall–Kier alpha value is -2.93. The Kier molecular flexibility index (Phi) is 8.93. The van der Waals surface area contributed by atoms with Crippen molar-refractivity contribution < 1.29 is 22.3 Å². The van der Waals surface area contributed by atoms with Crippen molar-refractivity contribution in [3.63, 3.8) is 0 Å². The highest BCUT2D eigenvalue weighted by molar-refractivity contribution is 7.92. The zero-order chi connectivity index (χ0) is 29.2. The number of benzene rings is 1. The lowest BCUT2D eigenvalue weighted by Crippen LogP contribution is -2.35. The summed E-state index contributed by atoms with van der Waals surface area (Å²) in [5.74, 6) is 2.76. The maximum atomic E-state index is 12.5. The Bertz CT molecular complexity index is 1450. The first-order chi connectivity index (χ1) is 18.8. The van der Waals surface area contributed by atoms with Crippen molar-refractivity contribution in [2.24, 2.45) is 17.6 Å². The summed E-state index contributed by atoms with van der Waals surface area (Å²) in [7, 11) is 0.980. The van der Waals surface area contributed by atoms with E-state index in [4.69, 9.17) is 31.2 Å². The third-order valence-corrected chi connectivity index (χ3v) is 8.73. The van der Waals surface area contributed by atoms with Crippen LogP contribution < -0.4 is 19.7 Å². The largest absolute Gasteiger partial charge is 0.497 e. The molecule has 0 spiro atoms. The molecule has 0 unspecified atom stereocenters. The van der Waals surface area contributed by atoms with Crippen LogP contribution in [-0.4, -0.2) is 70.8 Å². The number of nitrogens with zero attached hydrogens (tertiary/aromatic N) is 5. The molecule has 0 saturated heterocycles. The number of aromatic nitrogens is 3. The number of methoxy groups -OCH3 is 2. The van der Waals surface area contributed by atoms with Crippen LogP contribution in [0.4, 0.5) is 11.6 Å². The molecule has 4 rings (SSSR count). The normalized spacial score (nSPS) is 18.3. The molecule has 1 fully saturated rings. The number of pyridine rings is 1. The summed E-state index contributed by atoms with van der Waals surface area (Å²) in [5.41, 5.74) is 6.94. The van der Waals surface area contributed by atoms with E-state index in [1.165, 1.54) is 7.05 Å². The molecule has 40 heavy (non-hydrogen) atoms. The van der Waals surface area contributed by atoms with Gasteiger partial charge in [-0.15, -0.1) is 10.2 Å². The predicted molar refractivity (Wildman–Crippen MR) is 155 cm³/mol. The van der Waals surface area contributed by atoms with Crippen LogP contribution in [0, 0.1) is 11.8 Å². The van der Waals surface area contributed by atoms with E-state index in [0.717, 1.165) is 34.8 Å². The summed E-state index contributed by atoms with van der Waals surface area (Å²) in [6, 6.07) is 9.34. The van der Waals surface area contributed by atoms with Gasteiger partial charge in [0, 0.05) is 27.2 Å². The fourth-order valence-corrected chi connectivity index (χ4v) is 5.27. The summed E-state index contributed by atoms with van der Waals surface area (Å²) in [6.07, 6.45) is 2.62. The average molecular weight is 593 g/mol. The van der Waals surface area contributed by atoms with Gasteiger partial charge in [0.25, 0.3) is 0 Å². The molecular formula is C27H37ClN6O5S. The molecule has 2 N–H and O–H groups in total. The molecule has 218 valence electrons. The molecule has 0 bridgehead atoms. The average Bonchev–Trinajstić information content (AvgIpc) is 3.36. The number of hydrogen-bond donors (Lipinski definition) is 1. The van der Waals surface area contributed by atoms with Gasteiger partial charge < -0.3 is 24.5 Å². The van der Waals surface area contributed by atoms with E-state index in [0.29, 0.717) is 42.8 Å². The summed E-state index contributed by atoms with van der Waals surface area (Å²) in [4.78, 5) is 6.74. The van der Waals surface area contributed by atoms with Crippen LogP contribution in [-0.2, 0) is 26.7 Å². The van der Waals surface area contributed by atoms with Gasteiger partial charge >= 0.3 is 0 Å². The fourth-order valence-electron chi connectivity index (χ4n) is 4.47. The molecule has 2 aromatic heterocycles. The number of hydrogen-bond acceptors (Lipinski definition) is 10. The Morgan fingerprint density at radius 2 is 1.98 bits per heavy atom. The summed E-state index contributed by atoms with van der Waals surface area (Å²) in [5, 5.41) is 8.57. The molecule has 0 amide bonds. The molecule has 0 aliphatic heterocycles. The first kappa shape index (κ1) is 30.0. The van der Waals surface area contributed by atoms with Crippen molar-refractivity contribution in [2.75, 3.05) is 56.4 Å². The second-order valence-electron chi connectivity index (χ2n) is 10.7. The van der Waals surface area contributed by atoms with Crippen LogP contribution in [0.25, 0.3) is 11.5 Å². The maximum Gasteiger partial charge on any atom is 0.249 e. The first-order valence-electron chi connectivity index (χ1n) is 13.0. The monoisotopic (exact) mass is 592 g/mol. The molecule has 1 aliphatic rings. The van der Waals surface area contributed by atoms with Crippen LogP contribution in [0.15, 0.2) is 34.7 Å². The number of nitrogens with two attached hydrogens (primary N) is 1. The Morgan fingerprint density at radius 3 is 2.60 bits per heavy atom. The van der Waals surface area contributed by atoms with Gasteiger partial charge in [0.1, 0.15) is 11.6 Å². The molecular weight excluding hydrogens is 556 g/mol. The number of anilines is 2. The Balaban J connectivity index is 1.75. The minimum atomic E-state index is -3.67. The quantitative estimate of drug-likeness (QED) is 0.312. The number of halogens is 1. The zero-order valence-corrected chi connectivity index (χ0v) is 25.3. The van der Waals surface area contributed by atoms with Crippen molar-refractivity contribution >= 4 is 33.3 Å². The van der Waals surface area contributed by atoms with Crippen LogP contribution in [0.3, 0.4) is 0 Å². The maximum absolute atomic E-state index is 12.5. The standard InChI is InChI=1S/C27H37ClN6O5S/c1-17-12-19(17)16-34(10-11-37-4)22-14-21(23(28)24(30-22)33(3)40(6,35)36)25-31-32-26(39-25)27(2,29)15-18-8-7-9-20(13-18)38-5/h7-9,13-14,17,19H,10-12,15-16,29H2,1-6H3/t17-,19+,27+/m0/s1. The minimum absolute atomic E-state index is 0.0644. The molecule has 11 nitrogen and oxygen atoms in total. The van der Waals surface area contributed by atoms with Gasteiger partial charge in [-0.25, -0.2) is 13.4 Å². The van der Waals surface area contributed by atoms with Gasteiger partial charge in [0.15, 0.2) is 5.82 Å². The number of rotatable bonds is 13. The molecule has 3 atom stereocenters. The first-order valence-corrected chi connectivity index (χ1v) is 15.2. The molecule has 0 radical (unpaired) electrons. The van der Waals surface area contributed by atoms with Crippen molar-refractivity contribution in [3.05, 3.63) is 46.8 Å². The van der Waals surface area contributed by atoms with E-state index in [9.17, 15) is 8.42 Å². The zero-order valence-electron chi connectivity index (χ0n) is 23.7.